The average Bonchev–Trinajstić information content (AvgIpc) is 3.10. The van der Waals surface area contributed by atoms with Gasteiger partial charge in [0.05, 0.1) is 42.7 Å². The van der Waals surface area contributed by atoms with E-state index in [1.165, 1.54) is 32.8 Å². The molecule has 1 aliphatic rings. The van der Waals surface area contributed by atoms with Crippen molar-refractivity contribution in [3.63, 3.8) is 0 Å². The first kappa shape index (κ1) is 20.5. The van der Waals surface area contributed by atoms with Crippen LogP contribution in [0.3, 0.4) is 0 Å². The number of nitrogens with zero attached hydrogens (tertiary/aromatic N) is 2. The number of sulfone groups is 1. The second kappa shape index (κ2) is 8.73. The number of anilines is 1. The summed E-state index contributed by atoms with van der Waals surface area (Å²) in [6.45, 7) is 6.41. The zero-order valence-corrected chi connectivity index (χ0v) is 16.8. The fourth-order valence-electron chi connectivity index (χ4n) is 3.30. The van der Waals surface area contributed by atoms with E-state index in [9.17, 15) is 8.42 Å². The SMILES string of the molecule is CCN1CCCC1C/N=C(\OC)c1cc(S(=O)(=O)CC)c(N)cc1OC. The molecule has 1 aliphatic heterocycles. The number of likely N-dealkylation sites (N-methyl/N-ethyl adjacent to an activating group) is 1. The van der Waals surface area contributed by atoms with Crippen LogP contribution in [0.1, 0.15) is 32.3 Å². The quantitative estimate of drug-likeness (QED) is 0.439. The van der Waals surface area contributed by atoms with Gasteiger partial charge in [0.2, 0.25) is 5.90 Å². The summed E-state index contributed by atoms with van der Waals surface area (Å²) in [5.41, 5.74) is 6.59. The van der Waals surface area contributed by atoms with Gasteiger partial charge >= 0.3 is 0 Å². The molecule has 0 amide bonds. The van der Waals surface area contributed by atoms with E-state index in [-0.39, 0.29) is 16.3 Å². The third-order valence-electron chi connectivity index (χ3n) is 4.82. The maximum absolute atomic E-state index is 12.3. The summed E-state index contributed by atoms with van der Waals surface area (Å²) in [6, 6.07) is 3.39. The van der Waals surface area contributed by atoms with E-state index in [1.807, 2.05) is 0 Å². The lowest BCUT2D eigenvalue weighted by atomic mass is 10.1. The van der Waals surface area contributed by atoms with E-state index in [2.05, 4.69) is 16.8 Å². The average molecular weight is 384 g/mol. The molecular formula is C18H29N3O4S. The summed E-state index contributed by atoms with van der Waals surface area (Å²) in [5, 5.41) is 0. The maximum atomic E-state index is 12.3. The molecule has 1 aromatic carbocycles. The number of likely N-dealkylation sites (tertiary alicyclic amines) is 1. The molecule has 0 aliphatic carbocycles. The zero-order chi connectivity index (χ0) is 19.3. The fraction of sp³-hybridized carbons (Fsp3) is 0.611. The molecule has 1 fully saturated rings. The van der Waals surface area contributed by atoms with Crippen LogP contribution in [0.15, 0.2) is 22.0 Å². The van der Waals surface area contributed by atoms with Crippen LogP contribution in [0.25, 0.3) is 0 Å². The number of hydrogen-bond acceptors (Lipinski definition) is 7. The van der Waals surface area contributed by atoms with Gasteiger partial charge in [0.1, 0.15) is 5.75 Å². The van der Waals surface area contributed by atoms with E-state index in [0.717, 1.165) is 19.5 Å². The topological polar surface area (TPSA) is 94.2 Å². The Hall–Kier alpha value is -1.80. The van der Waals surface area contributed by atoms with Crippen LogP contribution in [-0.4, -0.2) is 64.9 Å². The highest BCUT2D eigenvalue weighted by molar-refractivity contribution is 7.91. The van der Waals surface area contributed by atoms with E-state index < -0.39 is 9.84 Å². The van der Waals surface area contributed by atoms with Crippen molar-refractivity contribution >= 4 is 21.4 Å². The molecule has 0 radical (unpaired) electrons. The van der Waals surface area contributed by atoms with Crippen LogP contribution in [0.4, 0.5) is 5.69 Å². The minimum atomic E-state index is -3.46. The molecular weight excluding hydrogens is 354 g/mol. The first-order chi connectivity index (χ1) is 12.4. The molecule has 8 heteroatoms. The normalized spacial score (nSPS) is 18.9. The molecule has 1 heterocycles. The highest BCUT2D eigenvalue weighted by Gasteiger charge is 2.24. The van der Waals surface area contributed by atoms with Gasteiger partial charge in [-0.05, 0) is 32.0 Å². The summed E-state index contributed by atoms with van der Waals surface area (Å²) in [6.07, 6.45) is 2.27. The van der Waals surface area contributed by atoms with Crippen molar-refractivity contribution in [2.75, 3.05) is 45.3 Å². The number of aliphatic imine (C=N–C) groups is 1. The Labute approximate surface area is 156 Å². The van der Waals surface area contributed by atoms with E-state index >= 15 is 0 Å². The molecule has 26 heavy (non-hydrogen) atoms. The van der Waals surface area contributed by atoms with Crippen LogP contribution in [0, 0.1) is 0 Å². The van der Waals surface area contributed by atoms with Crippen molar-refractivity contribution < 1.29 is 17.9 Å². The summed E-state index contributed by atoms with van der Waals surface area (Å²) in [4.78, 5) is 7.09. The van der Waals surface area contributed by atoms with Crippen LogP contribution in [0.5, 0.6) is 5.75 Å². The molecule has 146 valence electrons. The molecule has 1 saturated heterocycles. The Balaban J connectivity index is 2.42. The van der Waals surface area contributed by atoms with Crippen molar-refractivity contribution in [3.8, 4) is 5.75 Å². The maximum Gasteiger partial charge on any atom is 0.219 e. The van der Waals surface area contributed by atoms with Gasteiger partial charge in [-0.1, -0.05) is 13.8 Å². The highest BCUT2D eigenvalue weighted by atomic mass is 32.2. The van der Waals surface area contributed by atoms with E-state index in [1.54, 1.807) is 6.92 Å². The molecule has 1 atom stereocenters. The molecule has 1 unspecified atom stereocenters. The Morgan fingerprint density at radius 2 is 2.08 bits per heavy atom. The summed E-state index contributed by atoms with van der Waals surface area (Å²) in [5.74, 6) is 0.768. The second-order valence-corrected chi connectivity index (χ2v) is 8.52. The van der Waals surface area contributed by atoms with Crippen molar-refractivity contribution in [2.45, 2.75) is 37.6 Å². The third-order valence-corrected chi connectivity index (χ3v) is 6.61. The Bertz CT molecular complexity index is 762. The van der Waals surface area contributed by atoms with Gasteiger partial charge in [-0.25, -0.2) is 13.4 Å². The summed E-state index contributed by atoms with van der Waals surface area (Å²) < 4.78 is 35.5. The standard InChI is InChI=1S/C18H29N3O4S/c1-5-21-9-7-8-13(21)12-20-18(25-4)14-10-17(26(22,23)6-2)15(19)11-16(14)24-3/h10-11,13H,5-9,12,19H2,1-4H3/b20-18-. The van der Waals surface area contributed by atoms with Gasteiger partial charge in [0.25, 0.3) is 0 Å². The molecule has 7 nitrogen and oxygen atoms in total. The Morgan fingerprint density at radius 1 is 1.35 bits per heavy atom. The molecule has 2 N–H and O–H groups in total. The number of benzene rings is 1. The zero-order valence-electron chi connectivity index (χ0n) is 16.0. The lowest BCUT2D eigenvalue weighted by Crippen LogP contribution is -2.31. The molecule has 1 aromatic rings. The van der Waals surface area contributed by atoms with Gasteiger partial charge in [-0.15, -0.1) is 0 Å². The van der Waals surface area contributed by atoms with Crippen LogP contribution in [-0.2, 0) is 14.6 Å². The number of hydrogen-bond donors (Lipinski definition) is 1. The summed E-state index contributed by atoms with van der Waals surface area (Å²) >= 11 is 0. The molecule has 0 bridgehead atoms. The van der Waals surface area contributed by atoms with Crippen LogP contribution < -0.4 is 10.5 Å². The highest BCUT2D eigenvalue weighted by Crippen LogP contribution is 2.30. The number of ether oxygens (including phenoxy) is 2. The number of nitrogen functional groups attached to an aromatic ring is 1. The third kappa shape index (κ3) is 4.29. The van der Waals surface area contributed by atoms with Crippen LogP contribution in [0.2, 0.25) is 0 Å². The minimum Gasteiger partial charge on any atom is -0.496 e. The van der Waals surface area contributed by atoms with Gasteiger partial charge < -0.3 is 15.2 Å². The van der Waals surface area contributed by atoms with E-state index in [4.69, 9.17) is 15.2 Å². The molecule has 0 aromatic heterocycles. The second-order valence-electron chi connectivity index (χ2n) is 6.27. The largest absolute Gasteiger partial charge is 0.496 e. The lowest BCUT2D eigenvalue weighted by molar-refractivity contribution is 0.271. The predicted octanol–water partition coefficient (Wildman–Crippen LogP) is 1.95. The van der Waals surface area contributed by atoms with Crippen molar-refractivity contribution in [2.24, 2.45) is 4.99 Å². The first-order valence-electron chi connectivity index (χ1n) is 8.91. The molecule has 0 spiro atoms. The monoisotopic (exact) mass is 383 g/mol. The van der Waals surface area contributed by atoms with E-state index in [0.29, 0.717) is 29.8 Å². The van der Waals surface area contributed by atoms with Gasteiger partial charge in [-0.2, -0.15) is 0 Å². The first-order valence-corrected chi connectivity index (χ1v) is 10.6. The van der Waals surface area contributed by atoms with Crippen molar-refractivity contribution in [1.82, 2.24) is 4.90 Å². The lowest BCUT2D eigenvalue weighted by Gasteiger charge is -2.21. The molecule has 2 rings (SSSR count). The fourth-order valence-corrected chi connectivity index (χ4v) is 4.33. The summed E-state index contributed by atoms with van der Waals surface area (Å²) in [7, 11) is -0.429. The van der Waals surface area contributed by atoms with Crippen molar-refractivity contribution in [1.29, 1.82) is 0 Å². The van der Waals surface area contributed by atoms with Gasteiger partial charge in [0, 0.05) is 12.1 Å². The molecule has 0 saturated carbocycles. The van der Waals surface area contributed by atoms with Crippen LogP contribution >= 0.6 is 0 Å². The minimum absolute atomic E-state index is 0.0318. The number of nitrogens with two attached hydrogens (primary N) is 1. The number of rotatable bonds is 7. The van der Waals surface area contributed by atoms with Crippen molar-refractivity contribution in [3.05, 3.63) is 17.7 Å². The van der Waals surface area contributed by atoms with Gasteiger partial charge in [-0.3, -0.25) is 4.90 Å². The Kier molecular flexibility index (Phi) is 6.88. The van der Waals surface area contributed by atoms with Gasteiger partial charge in [0.15, 0.2) is 9.84 Å². The predicted molar refractivity (Wildman–Crippen MR) is 104 cm³/mol. The smallest absolute Gasteiger partial charge is 0.219 e. The number of methoxy groups -OCH3 is 2. The Morgan fingerprint density at radius 3 is 2.65 bits per heavy atom.